The summed E-state index contributed by atoms with van der Waals surface area (Å²) in [6.07, 6.45) is 6.36. The largest absolute Gasteiger partial charge is 0.493 e. The standard InChI is InChI=1S/C51H52N4O6/c1-31(2)46(56)15-10-18-53(4)39-21-33(29-60-47-27-43-42(19-32(47)3)51(58)55-40(28-52-43)24-37-12-7-9-14-45(37)55)20-34(22-39)30-61-49-25-35-16-17-38-23-36-11-6-8-13-44(36)54(38)50(57)41(35)26-48(49)59-5/h6-9,11-14,19-22,25-28,31,38,40H,10,15-18,23-24,29-30H2,1-5H3/t38-,40+/m1/s1. The van der Waals surface area contributed by atoms with Crippen molar-refractivity contribution in [2.75, 3.05) is 35.4 Å². The molecule has 0 unspecified atom stereocenters. The lowest BCUT2D eigenvalue weighted by molar-refractivity contribution is -0.121. The molecule has 0 saturated heterocycles. The number of fused-ring (bicyclic) bond motifs is 8. The van der Waals surface area contributed by atoms with Crippen molar-refractivity contribution in [3.63, 3.8) is 0 Å². The molecule has 2 atom stereocenters. The van der Waals surface area contributed by atoms with Crippen molar-refractivity contribution in [1.82, 2.24) is 0 Å². The third-order valence-corrected chi connectivity index (χ3v) is 12.6. The Hall–Kier alpha value is -6.42. The van der Waals surface area contributed by atoms with Gasteiger partial charge in [0.2, 0.25) is 0 Å². The van der Waals surface area contributed by atoms with Crippen LogP contribution in [-0.4, -0.2) is 56.6 Å². The molecule has 0 aliphatic carbocycles. The predicted octanol–water partition coefficient (Wildman–Crippen LogP) is 9.41. The number of rotatable bonds is 13. The Balaban J connectivity index is 0.959. The van der Waals surface area contributed by atoms with E-state index in [2.05, 4.69) is 35.2 Å². The molecule has 61 heavy (non-hydrogen) atoms. The molecule has 4 aliphatic rings. The maximum atomic E-state index is 14.1. The van der Waals surface area contributed by atoms with E-state index in [1.54, 1.807) is 7.11 Å². The smallest absolute Gasteiger partial charge is 0.261 e. The number of methoxy groups -OCH3 is 1. The zero-order valence-corrected chi connectivity index (χ0v) is 35.6. The number of para-hydroxylation sites is 2. The molecule has 0 N–H and O–H groups in total. The van der Waals surface area contributed by atoms with E-state index >= 15 is 0 Å². The first-order chi connectivity index (χ1) is 29.6. The lowest BCUT2D eigenvalue weighted by Gasteiger charge is -2.23. The van der Waals surface area contributed by atoms with Crippen LogP contribution in [0.3, 0.4) is 0 Å². The van der Waals surface area contributed by atoms with Gasteiger partial charge in [-0.05, 0) is 115 Å². The van der Waals surface area contributed by atoms with Crippen LogP contribution in [0.4, 0.5) is 22.7 Å². The Kier molecular flexibility index (Phi) is 10.9. The molecule has 0 radical (unpaired) electrons. The molecule has 4 heterocycles. The predicted molar refractivity (Wildman–Crippen MR) is 240 cm³/mol. The van der Waals surface area contributed by atoms with Gasteiger partial charge in [0.1, 0.15) is 24.7 Å². The highest BCUT2D eigenvalue weighted by Crippen LogP contribution is 2.42. The summed E-state index contributed by atoms with van der Waals surface area (Å²) in [6.45, 7) is 7.07. The molecule has 5 aromatic rings. The number of Topliss-reactive ketones (excluding diaryl/α,β-unsaturated/α-hetero) is 1. The third-order valence-electron chi connectivity index (χ3n) is 12.6. The van der Waals surface area contributed by atoms with E-state index < -0.39 is 0 Å². The van der Waals surface area contributed by atoms with Crippen molar-refractivity contribution in [1.29, 1.82) is 0 Å². The number of nitrogens with zero attached hydrogens (tertiary/aromatic N) is 4. The van der Waals surface area contributed by atoms with Gasteiger partial charge in [-0.25, -0.2) is 0 Å². The number of amides is 2. The number of anilines is 3. The van der Waals surface area contributed by atoms with Crippen molar-refractivity contribution in [2.24, 2.45) is 10.9 Å². The van der Waals surface area contributed by atoms with Gasteiger partial charge >= 0.3 is 0 Å². The fourth-order valence-electron chi connectivity index (χ4n) is 9.26. The number of benzene rings is 5. The number of hydrogen-bond acceptors (Lipinski definition) is 8. The number of ketones is 1. The molecule has 2 amide bonds. The second-order valence-electron chi connectivity index (χ2n) is 17.1. The molecular formula is C51H52N4O6. The highest BCUT2D eigenvalue weighted by Gasteiger charge is 2.38. The topological polar surface area (TPSA) is 101 Å². The van der Waals surface area contributed by atoms with Crippen LogP contribution >= 0.6 is 0 Å². The molecule has 10 heteroatoms. The lowest BCUT2D eigenvalue weighted by Crippen LogP contribution is -2.37. The van der Waals surface area contributed by atoms with Gasteiger partial charge in [-0.15, -0.1) is 0 Å². The van der Waals surface area contributed by atoms with Crippen molar-refractivity contribution in [2.45, 2.75) is 84.6 Å². The number of aryl methyl sites for hydroxylation is 2. The SMILES string of the molecule is COc1cc2c(cc1OCc1cc(COc3cc4c(cc3C)C(=O)N3c5ccccc5C[C@H]3C=N4)cc(N(C)CCCC(=O)C(C)C)c1)CC[C@@H]1Cc3ccccc3N1C2=O. The van der Waals surface area contributed by atoms with E-state index in [1.165, 1.54) is 5.56 Å². The van der Waals surface area contributed by atoms with Crippen LogP contribution in [-0.2, 0) is 37.3 Å². The van der Waals surface area contributed by atoms with E-state index in [0.717, 1.165) is 77.0 Å². The fourth-order valence-corrected chi connectivity index (χ4v) is 9.26. The zero-order valence-electron chi connectivity index (χ0n) is 35.6. The van der Waals surface area contributed by atoms with Crippen molar-refractivity contribution >= 4 is 46.6 Å². The molecule has 0 aromatic heterocycles. The molecule has 5 aromatic carbocycles. The van der Waals surface area contributed by atoms with Crippen LogP contribution in [0.25, 0.3) is 0 Å². The number of aliphatic imine (C=N–C) groups is 1. The number of carbonyl (C=O) groups is 3. The van der Waals surface area contributed by atoms with Gasteiger partial charge in [-0.2, -0.15) is 0 Å². The molecular weight excluding hydrogens is 765 g/mol. The van der Waals surface area contributed by atoms with Crippen LogP contribution < -0.4 is 28.9 Å². The summed E-state index contributed by atoms with van der Waals surface area (Å²) in [5.41, 5.74) is 10.7. The highest BCUT2D eigenvalue weighted by atomic mass is 16.5. The Labute approximate surface area is 357 Å². The second kappa shape index (κ2) is 16.6. The van der Waals surface area contributed by atoms with Gasteiger partial charge in [-0.1, -0.05) is 50.2 Å². The molecule has 9 rings (SSSR count). The van der Waals surface area contributed by atoms with Crippen LogP contribution in [0.2, 0.25) is 0 Å². The van der Waals surface area contributed by atoms with E-state index in [9.17, 15) is 14.4 Å². The minimum Gasteiger partial charge on any atom is -0.493 e. The van der Waals surface area contributed by atoms with E-state index in [1.807, 2.05) is 104 Å². The molecule has 312 valence electrons. The summed E-state index contributed by atoms with van der Waals surface area (Å²) in [7, 11) is 3.64. The van der Waals surface area contributed by atoms with Gasteiger partial charge in [-0.3, -0.25) is 24.3 Å². The zero-order chi connectivity index (χ0) is 42.4. The van der Waals surface area contributed by atoms with Crippen molar-refractivity contribution < 1.29 is 28.6 Å². The summed E-state index contributed by atoms with van der Waals surface area (Å²) in [6, 6.07) is 30.1. The Morgan fingerprint density at radius 2 is 1.46 bits per heavy atom. The maximum absolute atomic E-state index is 14.1. The minimum absolute atomic E-state index is 0.00277. The summed E-state index contributed by atoms with van der Waals surface area (Å²) >= 11 is 0. The molecule has 0 fully saturated rings. The average Bonchev–Trinajstić information content (AvgIpc) is 3.76. The van der Waals surface area contributed by atoms with E-state index in [0.29, 0.717) is 47.0 Å². The first-order valence-corrected chi connectivity index (χ1v) is 21.4. The average molecular weight is 817 g/mol. The first kappa shape index (κ1) is 40.0. The minimum atomic E-state index is -0.130. The third kappa shape index (κ3) is 7.75. The summed E-state index contributed by atoms with van der Waals surface area (Å²) in [5, 5.41) is 0. The van der Waals surface area contributed by atoms with Gasteiger partial charge in [0.05, 0.1) is 24.4 Å². The Morgan fingerprint density at radius 1 is 0.787 bits per heavy atom. The van der Waals surface area contributed by atoms with Crippen molar-refractivity contribution in [3.05, 3.63) is 136 Å². The molecule has 0 spiro atoms. The monoisotopic (exact) mass is 816 g/mol. The molecule has 0 saturated carbocycles. The maximum Gasteiger partial charge on any atom is 0.261 e. The van der Waals surface area contributed by atoms with Crippen LogP contribution in [0.5, 0.6) is 17.2 Å². The van der Waals surface area contributed by atoms with E-state index in [4.69, 9.17) is 19.2 Å². The first-order valence-electron chi connectivity index (χ1n) is 21.4. The molecule has 10 nitrogen and oxygen atoms in total. The van der Waals surface area contributed by atoms with Crippen LogP contribution in [0.15, 0.2) is 96.0 Å². The number of hydrogen-bond donors (Lipinski definition) is 0. The quantitative estimate of drug-likeness (QED) is 0.117. The second-order valence-corrected chi connectivity index (χ2v) is 17.1. The van der Waals surface area contributed by atoms with Gasteiger partial charge in [0, 0.05) is 73.3 Å². The van der Waals surface area contributed by atoms with Crippen LogP contribution in [0.1, 0.15) is 87.2 Å². The molecule has 0 bridgehead atoms. The van der Waals surface area contributed by atoms with Gasteiger partial charge < -0.3 is 24.0 Å². The van der Waals surface area contributed by atoms with Gasteiger partial charge in [0.25, 0.3) is 11.8 Å². The number of carbonyl (C=O) groups excluding carboxylic acids is 3. The lowest BCUT2D eigenvalue weighted by atomic mass is 9.99. The van der Waals surface area contributed by atoms with Crippen LogP contribution in [0, 0.1) is 12.8 Å². The Morgan fingerprint density at radius 3 is 2.18 bits per heavy atom. The van der Waals surface area contributed by atoms with Crippen molar-refractivity contribution in [3.8, 4) is 17.2 Å². The van der Waals surface area contributed by atoms with Gasteiger partial charge in [0.15, 0.2) is 11.5 Å². The summed E-state index contributed by atoms with van der Waals surface area (Å²) < 4.78 is 18.9. The van der Waals surface area contributed by atoms with E-state index in [-0.39, 0.29) is 48.8 Å². The summed E-state index contributed by atoms with van der Waals surface area (Å²) in [5.74, 6) is 1.96. The highest BCUT2D eigenvalue weighted by molar-refractivity contribution is 6.14. The summed E-state index contributed by atoms with van der Waals surface area (Å²) in [4.78, 5) is 51.2. The fraction of sp³-hybridized carbons (Fsp3) is 0.333. The normalized spacial score (nSPS) is 17.1. The number of ether oxygens (including phenoxy) is 3. The molecule has 4 aliphatic heterocycles. The Bertz CT molecular complexity index is 2580.